The third-order valence-corrected chi connectivity index (χ3v) is 4.50. The molecular formula is C9H14N2O5S. The van der Waals surface area contributed by atoms with Gasteiger partial charge in [-0.3, -0.25) is 10.1 Å². The molecule has 0 spiro atoms. The Labute approximate surface area is 102 Å². The van der Waals surface area contributed by atoms with Crippen LogP contribution in [0.15, 0.2) is 0 Å². The van der Waals surface area contributed by atoms with Gasteiger partial charge < -0.3 is 20.2 Å². The molecule has 2 fully saturated rings. The number of amides is 3. The predicted molar refractivity (Wildman–Crippen MR) is 59.1 cm³/mol. The molecule has 0 aromatic rings. The van der Waals surface area contributed by atoms with Crippen molar-refractivity contribution in [1.82, 2.24) is 10.2 Å². The number of thioether (sulfide) groups is 1. The molecule has 0 radical (unpaired) electrons. The van der Waals surface area contributed by atoms with Gasteiger partial charge in [-0.2, -0.15) is 0 Å². The van der Waals surface area contributed by atoms with Gasteiger partial charge in [0.05, 0.1) is 18.0 Å². The van der Waals surface area contributed by atoms with Gasteiger partial charge in [0, 0.05) is 13.0 Å². The molecule has 4 atom stereocenters. The molecule has 0 saturated carbocycles. The van der Waals surface area contributed by atoms with Crippen molar-refractivity contribution in [2.75, 3.05) is 13.2 Å². The number of nitrogens with zero attached hydrogens (tertiary/aromatic N) is 1. The van der Waals surface area contributed by atoms with Crippen molar-refractivity contribution in [3.05, 3.63) is 0 Å². The first kappa shape index (κ1) is 12.6. The van der Waals surface area contributed by atoms with Gasteiger partial charge in [0.25, 0.3) is 0 Å². The number of carbonyl (C=O) groups is 2. The Kier molecular flexibility index (Phi) is 3.57. The fourth-order valence-electron chi connectivity index (χ4n) is 1.96. The summed E-state index contributed by atoms with van der Waals surface area (Å²) >= 11 is 1.14. The summed E-state index contributed by atoms with van der Waals surface area (Å²) in [6.45, 7) is -0.0575. The second-order valence-corrected chi connectivity index (χ2v) is 5.39. The van der Waals surface area contributed by atoms with E-state index in [4.69, 9.17) is 5.11 Å². The predicted octanol–water partition coefficient (Wildman–Crippen LogP) is -1.92. The number of hydrogen-bond acceptors (Lipinski definition) is 6. The fourth-order valence-corrected chi connectivity index (χ4v) is 3.39. The maximum atomic E-state index is 11.6. The molecule has 2 aliphatic heterocycles. The zero-order valence-electron chi connectivity index (χ0n) is 8.94. The molecule has 4 unspecified atom stereocenters. The molecule has 8 heteroatoms. The van der Waals surface area contributed by atoms with Crippen LogP contribution in [0.1, 0.15) is 6.42 Å². The van der Waals surface area contributed by atoms with E-state index in [1.807, 2.05) is 0 Å². The minimum Gasteiger partial charge on any atom is -0.395 e. The average Bonchev–Trinajstić information content (AvgIpc) is 2.57. The van der Waals surface area contributed by atoms with E-state index in [9.17, 15) is 19.8 Å². The van der Waals surface area contributed by atoms with Gasteiger partial charge in [-0.25, -0.2) is 4.79 Å². The first-order valence-corrected chi connectivity index (χ1v) is 6.21. The molecule has 2 saturated heterocycles. The van der Waals surface area contributed by atoms with E-state index in [1.165, 1.54) is 4.90 Å². The van der Waals surface area contributed by atoms with Crippen LogP contribution in [-0.4, -0.2) is 68.1 Å². The summed E-state index contributed by atoms with van der Waals surface area (Å²) in [5.41, 5.74) is 0. The molecule has 3 amide bonds. The minimum absolute atomic E-state index is 0.176. The van der Waals surface area contributed by atoms with Gasteiger partial charge in [-0.15, -0.1) is 11.8 Å². The molecule has 2 rings (SSSR count). The second kappa shape index (κ2) is 4.81. The van der Waals surface area contributed by atoms with Crippen LogP contribution in [0.2, 0.25) is 0 Å². The Morgan fingerprint density at radius 2 is 2.06 bits per heavy atom. The van der Waals surface area contributed by atoms with Crippen LogP contribution >= 0.6 is 11.8 Å². The van der Waals surface area contributed by atoms with Gasteiger partial charge in [-0.1, -0.05) is 0 Å². The van der Waals surface area contributed by atoms with Crippen LogP contribution in [0.5, 0.6) is 0 Å². The molecule has 2 heterocycles. The van der Waals surface area contributed by atoms with Crippen molar-refractivity contribution in [2.24, 2.45) is 0 Å². The topological polar surface area (TPSA) is 110 Å². The van der Waals surface area contributed by atoms with Crippen LogP contribution in [0.4, 0.5) is 4.79 Å². The normalized spacial score (nSPS) is 38.4. The quantitative estimate of drug-likeness (QED) is 0.462. The van der Waals surface area contributed by atoms with E-state index in [1.54, 1.807) is 0 Å². The second-order valence-electron chi connectivity index (χ2n) is 4.03. The summed E-state index contributed by atoms with van der Waals surface area (Å²) in [6.07, 6.45) is -2.01. The Morgan fingerprint density at radius 3 is 2.59 bits per heavy atom. The lowest BCUT2D eigenvalue weighted by Gasteiger charge is -2.33. The third kappa shape index (κ3) is 2.25. The zero-order chi connectivity index (χ0) is 12.6. The highest BCUT2D eigenvalue weighted by atomic mass is 32.2. The van der Waals surface area contributed by atoms with Crippen molar-refractivity contribution in [1.29, 1.82) is 0 Å². The molecule has 17 heavy (non-hydrogen) atoms. The molecular weight excluding hydrogens is 248 g/mol. The highest BCUT2D eigenvalue weighted by molar-refractivity contribution is 8.00. The number of nitrogens with one attached hydrogen (secondary N) is 1. The van der Waals surface area contributed by atoms with Crippen molar-refractivity contribution < 1.29 is 24.9 Å². The highest BCUT2D eigenvalue weighted by Gasteiger charge is 2.46. The summed E-state index contributed by atoms with van der Waals surface area (Å²) < 4.78 is 0. The van der Waals surface area contributed by atoms with E-state index < -0.39 is 28.9 Å². The number of urea groups is 1. The Hall–Kier alpha value is -0.830. The van der Waals surface area contributed by atoms with Gasteiger partial charge >= 0.3 is 6.03 Å². The van der Waals surface area contributed by atoms with E-state index in [2.05, 4.69) is 5.32 Å². The molecule has 0 aliphatic carbocycles. The van der Waals surface area contributed by atoms with Gasteiger partial charge in [-0.05, 0) is 0 Å². The number of imide groups is 1. The van der Waals surface area contributed by atoms with Crippen LogP contribution in [-0.2, 0) is 4.79 Å². The number of aliphatic hydroxyl groups is 3. The first-order chi connectivity index (χ1) is 8.04. The van der Waals surface area contributed by atoms with Crippen molar-refractivity contribution >= 4 is 23.7 Å². The molecule has 96 valence electrons. The van der Waals surface area contributed by atoms with E-state index in [0.717, 1.165) is 11.8 Å². The van der Waals surface area contributed by atoms with Crippen LogP contribution in [0.25, 0.3) is 0 Å². The first-order valence-electron chi connectivity index (χ1n) is 5.27. The summed E-state index contributed by atoms with van der Waals surface area (Å²) in [7, 11) is 0. The van der Waals surface area contributed by atoms with Gasteiger partial charge in [0.15, 0.2) is 0 Å². The molecule has 0 bridgehead atoms. The molecule has 4 N–H and O–H groups in total. The Balaban J connectivity index is 2.08. The summed E-state index contributed by atoms with van der Waals surface area (Å²) in [6, 6.07) is -0.566. The minimum atomic E-state index is -1.11. The third-order valence-electron chi connectivity index (χ3n) is 2.91. The summed E-state index contributed by atoms with van der Waals surface area (Å²) in [5.74, 6) is -0.344. The lowest BCUT2D eigenvalue weighted by molar-refractivity contribution is -0.121. The van der Waals surface area contributed by atoms with Crippen LogP contribution < -0.4 is 5.32 Å². The maximum Gasteiger partial charge on any atom is 0.325 e. The van der Waals surface area contributed by atoms with E-state index in [-0.39, 0.29) is 25.5 Å². The molecule has 0 aromatic heterocycles. The Bertz CT molecular complexity index is 339. The number of aliphatic hydroxyl groups excluding tert-OH is 3. The highest BCUT2D eigenvalue weighted by Crippen LogP contribution is 2.36. The number of rotatable bonds is 2. The molecule has 0 aromatic carbocycles. The maximum absolute atomic E-state index is 11.6. The van der Waals surface area contributed by atoms with Crippen LogP contribution in [0, 0.1) is 0 Å². The lowest BCUT2D eigenvalue weighted by Crippen LogP contribution is -2.55. The number of hydrogen-bond donors (Lipinski definition) is 4. The van der Waals surface area contributed by atoms with E-state index >= 15 is 0 Å². The van der Waals surface area contributed by atoms with Crippen molar-refractivity contribution in [3.8, 4) is 0 Å². The fraction of sp³-hybridized carbons (Fsp3) is 0.778. The Morgan fingerprint density at radius 1 is 1.35 bits per heavy atom. The largest absolute Gasteiger partial charge is 0.395 e. The van der Waals surface area contributed by atoms with Crippen molar-refractivity contribution in [2.45, 2.75) is 29.3 Å². The molecule has 2 aliphatic rings. The monoisotopic (exact) mass is 262 g/mol. The summed E-state index contributed by atoms with van der Waals surface area (Å²) in [5, 5.41) is 29.5. The molecule has 7 nitrogen and oxygen atoms in total. The van der Waals surface area contributed by atoms with Crippen LogP contribution in [0.3, 0.4) is 0 Å². The SMILES string of the molecule is O=C1CCN(C2SC(CO)C(O)C2O)C(=O)N1. The smallest absolute Gasteiger partial charge is 0.325 e. The van der Waals surface area contributed by atoms with Crippen molar-refractivity contribution in [3.63, 3.8) is 0 Å². The zero-order valence-corrected chi connectivity index (χ0v) is 9.76. The average molecular weight is 262 g/mol. The van der Waals surface area contributed by atoms with E-state index in [0.29, 0.717) is 0 Å². The lowest BCUT2D eigenvalue weighted by atomic mass is 10.1. The summed E-state index contributed by atoms with van der Waals surface area (Å²) in [4.78, 5) is 23.9. The standard InChI is InChI=1S/C9H14N2O5S/c12-3-4-6(14)7(15)8(17-4)11-2-1-5(13)10-9(11)16/h4,6-8,12,14-15H,1-3H2,(H,10,13,16). The number of carbonyl (C=O) groups excluding carboxylic acids is 2. The van der Waals surface area contributed by atoms with Gasteiger partial charge in [0.2, 0.25) is 5.91 Å². The van der Waals surface area contributed by atoms with Gasteiger partial charge in [0.1, 0.15) is 11.5 Å².